The van der Waals surface area contributed by atoms with E-state index in [9.17, 15) is 14.4 Å². The van der Waals surface area contributed by atoms with Crippen LogP contribution < -0.4 is 5.32 Å². The zero-order chi connectivity index (χ0) is 16.8. The smallest absolute Gasteiger partial charge is 0.251 e. The molecule has 1 N–H and O–H groups in total. The summed E-state index contributed by atoms with van der Waals surface area (Å²) < 4.78 is 0. The van der Waals surface area contributed by atoms with Crippen molar-refractivity contribution in [2.45, 2.75) is 26.3 Å². The molecule has 3 amide bonds. The minimum atomic E-state index is -0.235. The molecule has 1 heterocycles. The number of nitrogens with zero attached hydrogens (tertiary/aromatic N) is 2. The summed E-state index contributed by atoms with van der Waals surface area (Å²) in [5.74, 6) is -0.123. The van der Waals surface area contributed by atoms with Gasteiger partial charge in [0.1, 0.15) is 0 Å². The van der Waals surface area contributed by atoms with Gasteiger partial charge in [0.15, 0.2) is 0 Å². The molecule has 0 aromatic heterocycles. The predicted octanol–water partition coefficient (Wildman–Crippen LogP) is 0.886. The molecule has 1 aliphatic rings. The maximum absolute atomic E-state index is 12.3. The molecule has 1 unspecified atom stereocenters. The SMILES string of the molecule is CC(=O)N1CCN(C(=O)CC(C)NC(=O)c2ccccc2)CC1. The van der Waals surface area contributed by atoms with Crippen molar-refractivity contribution in [1.82, 2.24) is 15.1 Å². The van der Waals surface area contributed by atoms with Crippen molar-refractivity contribution < 1.29 is 14.4 Å². The normalized spacial score (nSPS) is 15.9. The number of benzene rings is 1. The Balaban J connectivity index is 1.79. The van der Waals surface area contributed by atoms with Crippen molar-refractivity contribution in [3.05, 3.63) is 35.9 Å². The lowest BCUT2D eigenvalue weighted by atomic mass is 10.1. The lowest BCUT2D eigenvalue weighted by molar-refractivity contribution is -0.138. The van der Waals surface area contributed by atoms with E-state index in [2.05, 4.69) is 5.32 Å². The number of rotatable bonds is 4. The minimum absolute atomic E-state index is 0.00839. The van der Waals surface area contributed by atoms with Crippen LogP contribution >= 0.6 is 0 Å². The largest absolute Gasteiger partial charge is 0.349 e. The van der Waals surface area contributed by atoms with Gasteiger partial charge in [0.25, 0.3) is 5.91 Å². The summed E-state index contributed by atoms with van der Waals surface area (Å²) in [7, 11) is 0. The molecule has 1 aromatic rings. The number of hydrogen-bond donors (Lipinski definition) is 1. The van der Waals surface area contributed by atoms with Gasteiger partial charge < -0.3 is 15.1 Å². The van der Waals surface area contributed by atoms with Crippen LogP contribution in [0.15, 0.2) is 30.3 Å². The summed E-state index contributed by atoms with van der Waals surface area (Å²) in [5, 5.41) is 2.84. The van der Waals surface area contributed by atoms with E-state index in [4.69, 9.17) is 0 Å². The molecule has 6 nitrogen and oxygen atoms in total. The zero-order valence-electron chi connectivity index (χ0n) is 13.6. The number of hydrogen-bond acceptors (Lipinski definition) is 3. The first-order valence-corrected chi connectivity index (χ1v) is 7.86. The number of nitrogens with one attached hydrogen (secondary N) is 1. The average Bonchev–Trinajstić information content (AvgIpc) is 2.55. The number of amides is 3. The molecule has 124 valence electrons. The topological polar surface area (TPSA) is 69.7 Å². The van der Waals surface area contributed by atoms with Crippen LogP contribution in [0, 0.1) is 0 Å². The molecule has 1 aliphatic heterocycles. The highest BCUT2D eigenvalue weighted by atomic mass is 16.2. The van der Waals surface area contributed by atoms with E-state index < -0.39 is 0 Å². The van der Waals surface area contributed by atoms with E-state index in [1.165, 1.54) is 0 Å². The van der Waals surface area contributed by atoms with Crippen molar-refractivity contribution in [2.75, 3.05) is 26.2 Å². The third-order valence-electron chi connectivity index (χ3n) is 3.97. The lowest BCUT2D eigenvalue weighted by Gasteiger charge is -2.34. The summed E-state index contributed by atoms with van der Waals surface area (Å²) in [6, 6.07) is 8.71. The molecule has 6 heteroatoms. The van der Waals surface area contributed by atoms with Crippen LogP contribution in [0.3, 0.4) is 0 Å². The number of carbonyl (C=O) groups excluding carboxylic acids is 3. The van der Waals surface area contributed by atoms with E-state index in [1.807, 2.05) is 13.0 Å². The summed E-state index contributed by atoms with van der Waals surface area (Å²) in [6.07, 6.45) is 0.263. The van der Waals surface area contributed by atoms with E-state index in [0.29, 0.717) is 31.7 Å². The van der Waals surface area contributed by atoms with Gasteiger partial charge in [-0.1, -0.05) is 18.2 Å². The van der Waals surface area contributed by atoms with E-state index >= 15 is 0 Å². The fourth-order valence-corrected chi connectivity index (χ4v) is 2.61. The Morgan fingerprint density at radius 3 is 2.17 bits per heavy atom. The third-order valence-corrected chi connectivity index (χ3v) is 3.97. The van der Waals surface area contributed by atoms with Gasteiger partial charge in [-0.05, 0) is 19.1 Å². The quantitative estimate of drug-likeness (QED) is 0.896. The van der Waals surface area contributed by atoms with E-state index in [0.717, 1.165) is 0 Å². The molecule has 1 fully saturated rings. The Hall–Kier alpha value is -2.37. The van der Waals surface area contributed by atoms with Gasteiger partial charge in [0.05, 0.1) is 0 Å². The average molecular weight is 317 g/mol. The Kier molecular flexibility index (Phi) is 5.73. The molecule has 0 saturated carbocycles. The van der Waals surface area contributed by atoms with Crippen molar-refractivity contribution >= 4 is 17.7 Å². The molecule has 0 bridgehead atoms. The summed E-state index contributed by atoms with van der Waals surface area (Å²) in [6.45, 7) is 5.62. The third kappa shape index (κ3) is 4.81. The van der Waals surface area contributed by atoms with Gasteiger partial charge in [-0.25, -0.2) is 0 Å². The van der Waals surface area contributed by atoms with Crippen LogP contribution in [0.25, 0.3) is 0 Å². The maximum Gasteiger partial charge on any atom is 0.251 e. The van der Waals surface area contributed by atoms with Gasteiger partial charge in [-0.3, -0.25) is 14.4 Å². The van der Waals surface area contributed by atoms with Crippen LogP contribution in [0.5, 0.6) is 0 Å². The monoisotopic (exact) mass is 317 g/mol. The maximum atomic E-state index is 12.3. The van der Waals surface area contributed by atoms with Crippen LogP contribution in [0.2, 0.25) is 0 Å². The number of piperazine rings is 1. The molecule has 2 rings (SSSR count). The number of carbonyl (C=O) groups is 3. The highest BCUT2D eigenvalue weighted by molar-refractivity contribution is 5.94. The van der Waals surface area contributed by atoms with Crippen molar-refractivity contribution in [1.29, 1.82) is 0 Å². The standard InChI is InChI=1S/C17H23N3O3/c1-13(18-17(23)15-6-4-3-5-7-15)12-16(22)20-10-8-19(9-11-20)14(2)21/h3-7,13H,8-12H2,1-2H3,(H,18,23). The highest BCUT2D eigenvalue weighted by Gasteiger charge is 2.23. The van der Waals surface area contributed by atoms with Gasteiger partial charge in [-0.15, -0.1) is 0 Å². The molecule has 1 atom stereocenters. The summed E-state index contributed by atoms with van der Waals surface area (Å²) in [4.78, 5) is 39.1. The molecule has 0 spiro atoms. The zero-order valence-corrected chi connectivity index (χ0v) is 13.6. The van der Waals surface area contributed by atoms with Crippen LogP contribution in [-0.2, 0) is 9.59 Å². The van der Waals surface area contributed by atoms with Crippen LogP contribution in [0.4, 0.5) is 0 Å². The first-order chi connectivity index (χ1) is 11.0. The summed E-state index contributed by atoms with van der Waals surface area (Å²) in [5.41, 5.74) is 0.585. The van der Waals surface area contributed by atoms with E-state index in [-0.39, 0.29) is 30.2 Å². The fraction of sp³-hybridized carbons (Fsp3) is 0.471. The Morgan fingerprint density at radius 1 is 1.04 bits per heavy atom. The van der Waals surface area contributed by atoms with Crippen molar-refractivity contribution in [3.63, 3.8) is 0 Å². The van der Waals surface area contributed by atoms with Gasteiger partial charge in [-0.2, -0.15) is 0 Å². The molecule has 0 radical (unpaired) electrons. The van der Waals surface area contributed by atoms with Crippen molar-refractivity contribution in [2.24, 2.45) is 0 Å². The lowest BCUT2D eigenvalue weighted by Crippen LogP contribution is -2.51. The van der Waals surface area contributed by atoms with Crippen LogP contribution in [0.1, 0.15) is 30.6 Å². The Bertz CT molecular complexity index is 566. The Labute approximate surface area is 136 Å². The van der Waals surface area contributed by atoms with Gasteiger partial charge >= 0.3 is 0 Å². The minimum Gasteiger partial charge on any atom is -0.349 e. The van der Waals surface area contributed by atoms with Gasteiger partial charge in [0.2, 0.25) is 11.8 Å². The van der Waals surface area contributed by atoms with Crippen LogP contribution in [-0.4, -0.2) is 59.7 Å². The molecule has 0 aliphatic carbocycles. The molecule has 1 saturated heterocycles. The first-order valence-electron chi connectivity index (χ1n) is 7.86. The second-order valence-electron chi connectivity index (χ2n) is 5.83. The second kappa shape index (κ2) is 7.76. The van der Waals surface area contributed by atoms with E-state index in [1.54, 1.807) is 41.0 Å². The fourth-order valence-electron chi connectivity index (χ4n) is 2.61. The molecule has 23 heavy (non-hydrogen) atoms. The highest BCUT2D eigenvalue weighted by Crippen LogP contribution is 2.06. The summed E-state index contributed by atoms with van der Waals surface area (Å²) >= 11 is 0. The Morgan fingerprint density at radius 2 is 1.61 bits per heavy atom. The molecular formula is C17H23N3O3. The first kappa shape index (κ1) is 17.0. The molecular weight excluding hydrogens is 294 g/mol. The van der Waals surface area contributed by atoms with Crippen molar-refractivity contribution in [3.8, 4) is 0 Å². The van der Waals surface area contributed by atoms with Gasteiger partial charge in [0, 0.05) is 51.1 Å². The predicted molar refractivity (Wildman–Crippen MR) is 86.8 cm³/mol. The second-order valence-corrected chi connectivity index (χ2v) is 5.83. The molecule has 1 aromatic carbocycles.